The van der Waals surface area contributed by atoms with Crippen molar-refractivity contribution in [1.82, 2.24) is 4.90 Å². The second-order valence-corrected chi connectivity index (χ2v) is 5.00. The summed E-state index contributed by atoms with van der Waals surface area (Å²) in [6.45, 7) is 5.54. The average Bonchev–Trinajstić information content (AvgIpc) is 2.99. The van der Waals surface area contributed by atoms with Crippen molar-refractivity contribution in [2.75, 3.05) is 0 Å². The summed E-state index contributed by atoms with van der Waals surface area (Å²) in [6, 6.07) is 18.5. The van der Waals surface area contributed by atoms with Gasteiger partial charge in [0.1, 0.15) is 0 Å². The minimum absolute atomic E-state index is 0. The van der Waals surface area contributed by atoms with Crippen LogP contribution in [-0.4, -0.2) is 10.8 Å². The molecule has 0 radical (unpaired) electrons. The van der Waals surface area contributed by atoms with Gasteiger partial charge in [-0.15, -0.1) is 0 Å². The Bertz CT molecular complexity index is 558. The molecule has 0 fully saturated rings. The van der Waals surface area contributed by atoms with Crippen LogP contribution in [0.15, 0.2) is 54.6 Å². The fraction of sp³-hybridized carbons (Fsp3) is 0.300. The zero-order valence-corrected chi connectivity index (χ0v) is 15.9. The molecule has 1 aliphatic heterocycles. The summed E-state index contributed by atoms with van der Waals surface area (Å²) < 4.78 is 0. The first kappa shape index (κ1) is 22.4. The van der Waals surface area contributed by atoms with Gasteiger partial charge in [0.05, 0.1) is 0 Å². The largest absolute Gasteiger partial charge is 0.358 e. The van der Waals surface area contributed by atoms with Gasteiger partial charge in [-0.25, -0.2) is 0 Å². The quantitative estimate of drug-likeness (QED) is 0.600. The van der Waals surface area contributed by atoms with Crippen LogP contribution in [0, 0.1) is 54.4 Å². The molecule has 3 heteroatoms. The van der Waals surface area contributed by atoms with Crippen molar-refractivity contribution in [3.8, 4) is 0 Å². The van der Waals surface area contributed by atoms with Crippen LogP contribution >= 0.6 is 0 Å². The molecule has 0 saturated heterocycles. The number of carbonyl (C=O) groups excluding carboxylic acids is 1. The van der Waals surface area contributed by atoms with E-state index in [4.69, 9.17) is 0 Å². The molecule has 1 aliphatic rings. The van der Waals surface area contributed by atoms with Crippen molar-refractivity contribution in [2.24, 2.45) is 0 Å². The van der Waals surface area contributed by atoms with E-state index in [0.717, 1.165) is 19.5 Å². The first-order valence-corrected chi connectivity index (χ1v) is 7.71. The predicted octanol–water partition coefficient (Wildman–Crippen LogP) is 4.64. The number of aryl methyl sites for hydroxylation is 1. The van der Waals surface area contributed by atoms with Gasteiger partial charge in [-0.1, -0.05) is 68.4 Å². The Morgan fingerprint density at radius 3 is 1.91 bits per heavy atom. The van der Waals surface area contributed by atoms with Gasteiger partial charge in [0.25, 0.3) is 0 Å². The zero-order chi connectivity index (χ0) is 15.1. The van der Waals surface area contributed by atoms with Crippen LogP contribution in [0.1, 0.15) is 37.0 Å². The summed E-state index contributed by atoms with van der Waals surface area (Å²) in [4.78, 5) is 14.2. The van der Waals surface area contributed by atoms with Gasteiger partial charge in [-0.2, -0.15) is 0 Å². The van der Waals surface area contributed by atoms with Gasteiger partial charge >= 0.3 is 0 Å². The Labute approximate surface area is 179 Å². The minimum atomic E-state index is 0. The third-order valence-electron chi connectivity index (χ3n) is 3.66. The van der Waals surface area contributed by atoms with Gasteiger partial charge in [-0.3, -0.25) is 4.79 Å². The van der Waals surface area contributed by atoms with Crippen molar-refractivity contribution >= 4 is 5.91 Å². The summed E-state index contributed by atoms with van der Waals surface area (Å²) in [5, 5.41) is 0. The Morgan fingerprint density at radius 1 is 0.913 bits per heavy atom. The third-order valence-corrected chi connectivity index (χ3v) is 3.66. The van der Waals surface area contributed by atoms with E-state index in [0.29, 0.717) is 6.42 Å². The molecule has 23 heavy (non-hydrogen) atoms. The Kier molecular flexibility index (Phi) is 11.6. The zero-order valence-electron chi connectivity index (χ0n) is 14.1. The van der Waals surface area contributed by atoms with Crippen LogP contribution in [0.5, 0.6) is 0 Å². The molecular weight excluding hydrogens is 443 g/mol. The smallest absolute Gasteiger partial charge is 0.223 e. The molecular formula is C20H26NOYb-. The summed E-state index contributed by atoms with van der Waals surface area (Å²) in [6.07, 6.45) is 1.42. The van der Waals surface area contributed by atoms with E-state index in [1.165, 1.54) is 16.7 Å². The number of rotatable bonds is 3. The van der Waals surface area contributed by atoms with E-state index in [1.54, 1.807) is 0 Å². The van der Waals surface area contributed by atoms with E-state index >= 15 is 0 Å². The SMILES string of the molecule is CC.O=C(CCc1ccccc1)N1Cc2ccccc2C1.[CH3-].[Yb]. The Morgan fingerprint density at radius 2 is 1.39 bits per heavy atom. The second kappa shape index (κ2) is 11.9. The molecule has 0 aromatic heterocycles. The van der Waals surface area contributed by atoms with E-state index in [9.17, 15) is 4.79 Å². The maximum Gasteiger partial charge on any atom is 0.223 e. The first-order valence-electron chi connectivity index (χ1n) is 7.71. The van der Waals surface area contributed by atoms with Crippen LogP contribution in [0.3, 0.4) is 0 Å². The van der Waals surface area contributed by atoms with Crippen LogP contribution in [-0.2, 0) is 24.3 Å². The molecule has 1 heterocycles. The Hall–Kier alpha value is -0.571. The van der Waals surface area contributed by atoms with E-state index in [1.807, 2.05) is 49.1 Å². The number of nitrogens with zero attached hydrogens (tertiary/aromatic N) is 1. The van der Waals surface area contributed by atoms with Crippen molar-refractivity contribution < 1.29 is 51.7 Å². The van der Waals surface area contributed by atoms with Crippen molar-refractivity contribution in [3.05, 3.63) is 78.7 Å². The molecule has 0 atom stereocenters. The number of hydrogen-bond donors (Lipinski definition) is 0. The number of benzene rings is 2. The fourth-order valence-electron chi connectivity index (χ4n) is 2.56. The number of amides is 1. The third kappa shape index (κ3) is 6.44. The molecule has 0 spiro atoms. The first-order chi connectivity index (χ1) is 10.3. The molecule has 0 N–H and O–H groups in total. The maximum absolute atomic E-state index is 12.2. The van der Waals surface area contributed by atoms with E-state index < -0.39 is 0 Å². The average molecular weight is 469 g/mol. The number of hydrogen-bond acceptors (Lipinski definition) is 1. The Balaban J connectivity index is 0.00000117. The topological polar surface area (TPSA) is 20.3 Å². The molecule has 0 bridgehead atoms. The van der Waals surface area contributed by atoms with Gasteiger partial charge in [0.15, 0.2) is 0 Å². The van der Waals surface area contributed by atoms with Gasteiger partial charge < -0.3 is 12.3 Å². The van der Waals surface area contributed by atoms with Crippen LogP contribution in [0.2, 0.25) is 0 Å². The van der Waals surface area contributed by atoms with Gasteiger partial charge in [0.2, 0.25) is 5.91 Å². The van der Waals surface area contributed by atoms with Crippen LogP contribution in [0.4, 0.5) is 0 Å². The van der Waals surface area contributed by atoms with Gasteiger partial charge in [0, 0.05) is 66.4 Å². The van der Waals surface area contributed by atoms with Crippen molar-refractivity contribution in [1.29, 1.82) is 0 Å². The molecule has 3 rings (SSSR count). The summed E-state index contributed by atoms with van der Waals surface area (Å²) in [7, 11) is 0. The van der Waals surface area contributed by atoms with E-state index in [2.05, 4.69) is 24.3 Å². The van der Waals surface area contributed by atoms with Crippen LogP contribution < -0.4 is 0 Å². The molecule has 0 saturated carbocycles. The van der Waals surface area contributed by atoms with Crippen molar-refractivity contribution in [2.45, 2.75) is 39.8 Å². The summed E-state index contributed by atoms with van der Waals surface area (Å²) in [5.74, 6) is 0.250. The molecule has 2 aromatic carbocycles. The van der Waals surface area contributed by atoms with Crippen LogP contribution in [0.25, 0.3) is 0 Å². The number of carbonyl (C=O) groups is 1. The fourth-order valence-corrected chi connectivity index (χ4v) is 2.56. The molecule has 0 aliphatic carbocycles. The minimum Gasteiger partial charge on any atom is -0.358 e. The molecule has 1 amide bonds. The maximum atomic E-state index is 12.2. The molecule has 2 nitrogen and oxygen atoms in total. The molecule has 2 aromatic rings. The predicted molar refractivity (Wildman–Crippen MR) is 93.2 cm³/mol. The second-order valence-electron chi connectivity index (χ2n) is 5.00. The summed E-state index contributed by atoms with van der Waals surface area (Å²) >= 11 is 0. The number of fused-ring (bicyclic) bond motifs is 1. The van der Waals surface area contributed by atoms with Crippen molar-refractivity contribution in [3.63, 3.8) is 0 Å². The standard InChI is InChI=1S/C17H17NO.C2H6.CH3.Yb/c19-17(11-10-14-6-2-1-3-7-14)18-12-15-8-4-5-9-16(15)13-18;1-2;;/h1-9H,10-13H2;1-2H3;1H3;/q;;-1;. The van der Waals surface area contributed by atoms with E-state index in [-0.39, 0.29) is 60.3 Å². The normalized spacial score (nSPS) is 11.3. The molecule has 132 valence electrons. The summed E-state index contributed by atoms with van der Waals surface area (Å²) in [5.41, 5.74) is 3.80. The molecule has 0 unspecified atom stereocenters. The van der Waals surface area contributed by atoms with Gasteiger partial charge in [-0.05, 0) is 23.1 Å². The monoisotopic (exact) mass is 470 g/mol.